The second kappa shape index (κ2) is 77.6. The summed E-state index contributed by atoms with van der Waals surface area (Å²) < 4.78 is 69.0. The predicted molar refractivity (Wildman–Crippen MR) is 446 cm³/mol. The van der Waals surface area contributed by atoms with Crippen LogP contribution in [0.5, 0.6) is 0 Å². The molecule has 0 spiro atoms. The lowest BCUT2D eigenvalue weighted by molar-refractivity contribution is -0.161. The first kappa shape index (κ1) is 106. The quantitative estimate of drug-likeness (QED) is 0.0222. The van der Waals surface area contributed by atoms with E-state index in [2.05, 4.69) is 55.4 Å². The Kier molecular flexibility index (Phi) is 76.2. The molecule has 0 amide bonds. The summed E-state index contributed by atoms with van der Waals surface area (Å²) in [6.07, 6.45) is 68.2. The van der Waals surface area contributed by atoms with E-state index in [1.807, 2.05) is 0 Å². The van der Waals surface area contributed by atoms with Crippen molar-refractivity contribution in [2.75, 3.05) is 39.6 Å². The van der Waals surface area contributed by atoms with Crippen LogP contribution in [0.15, 0.2) is 0 Å². The van der Waals surface area contributed by atoms with Crippen molar-refractivity contribution in [2.45, 2.75) is 485 Å². The molecule has 0 saturated heterocycles. The number of ether oxygens (including phenoxy) is 4. The number of phosphoric acid groups is 2. The predicted octanol–water partition coefficient (Wildman–Crippen LogP) is 27.1. The molecule has 0 bridgehead atoms. The number of aliphatic hydroxyl groups excluding tert-OH is 1. The van der Waals surface area contributed by atoms with Crippen molar-refractivity contribution in [3.63, 3.8) is 0 Å². The van der Waals surface area contributed by atoms with Gasteiger partial charge in [0.1, 0.15) is 19.3 Å². The molecule has 0 fully saturated rings. The number of hydrogen-bond acceptors (Lipinski definition) is 15. The van der Waals surface area contributed by atoms with Gasteiger partial charge in [-0.25, -0.2) is 9.13 Å². The van der Waals surface area contributed by atoms with Crippen LogP contribution in [0.1, 0.15) is 466 Å². The Morgan fingerprint density at radius 2 is 0.389 bits per heavy atom. The summed E-state index contributed by atoms with van der Waals surface area (Å²) >= 11 is 0. The van der Waals surface area contributed by atoms with E-state index in [1.165, 1.54) is 263 Å². The topological polar surface area (TPSA) is 237 Å². The maximum atomic E-state index is 13.2. The van der Waals surface area contributed by atoms with Gasteiger partial charge in [-0.3, -0.25) is 37.3 Å². The first-order chi connectivity index (χ1) is 52.1. The summed E-state index contributed by atoms with van der Waals surface area (Å²) in [7, 11) is -9.93. The fourth-order valence-corrected chi connectivity index (χ4v) is 15.4. The summed E-state index contributed by atoms with van der Waals surface area (Å²) in [4.78, 5) is 73.3. The van der Waals surface area contributed by atoms with Crippen molar-refractivity contribution >= 4 is 39.5 Å². The Hall–Kier alpha value is -1.94. The molecule has 3 N–H and O–H groups in total. The second-order valence-electron chi connectivity index (χ2n) is 33.9. The van der Waals surface area contributed by atoms with Crippen molar-refractivity contribution in [3.05, 3.63) is 0 Å². The summed E-state index contributed by atoms with van der Waals surface area (Å²) in [6, 6.07) is 0. The highest BCUT2D eigenvalue weighted by Crippen LogP contribution is 2.45. The van der Waals surface area contributed by atoms with E-state index in [1.54, 1.807) is 0 Å². The summed E-state index contributed by atoms with van der Waals surface area (Å²) in [5, 5.41) is 10.7. The average Bonchev–Trinajstić information content (AvgIpc) is 0.900. The highest BCUT2D eigenvalue weighted by molar-refractivity contribution is 7.47. The van der Waals surface area contributed by atoms with Gasteiger partial charge in [0, 0.05) is 25.7 Å². The van der Waals surface area contributed by atoms with Crippen LogP contribution in [0, 0.1) is 23.7 Å². The minimum Gasteiger partial charge on any atom is -0.462 e. The third-order valence-corrected chi connectivity index (χ3v) is 22.7. The summed E-state index contributed by atoms with van der Waals surface area (Å²) in [6.45, 7) is 14.3. The number of rotatable bonds is 86. The van der Waals surface area contributed by atoms with Crippen molar-refractivity contribution in [2.24, 2.45) is 23.7 Å². The van der Waals surface area contributed by atoms with E-state index < -0.39 is 97.5 Å². The van der Waals surface area contributed by atoms with E-state index in [4.69, 9.17) is 37.0 Å². The van der Waals surface area contributed by atoms with Crippen LogP contribution in [0.2, 0.25) is 0 Å². The van der Waals surface area contributed by atoms with Crippen molar-refractivity contribution < 1.29 is 80.2 Å². The van der Waals surface area contributed by atoms with Crippen LogP contribution >= 0.6 is 15.6 Å². The Labute approximate surface area is 664 Å². The molecule has 0 aromatic rings. The van der Waals surface area contributed by atoms with Gasteiger partial charge in [0.25, 0.3) is 0 Å². The fraction of sp³-hybridized carbons (Fsp3) is 0.955. The number of hydrogen-bond donors (Lipinski definition) is 3. The van der Waals surface area contributed by atoms with Crippen LogP contribution in [0.4, 0.5) is 0 Å². The number of carbonyl (C=O) groups is 4. The average molecular weight is 1580 g/mol. The maximum absolute atomic E-state index is 13.2. The molecule has 0 aliphatic rings. The third kappa shape index (κ3) is 82.1. The van der Waals surface area contributed by atoms with Gasteiger partial charge in [0.15, 0.2) is 12.2 Å². The molecule has 19 heteroatoms. The second-order valence-corrected chi connectivity index (χ2v) is 36.8. The first-order valence-electron chi connectivity index (χ1n) is 45.7. The number of unbranched alkanes of at least 4 members (excludes halogenated alkanes) is 52. The van der Waals surface area contributed by atoms with Crippen LogP contribution in [-0.2, 0) is 65.4 Å². The van der Waals surface area contributed by atoms with E-state index in [0.29, 0.717) is 31.6 Å². The van der Waals surface area contributed by atoms with Crippen molar-refractivity contribution in [1.29, 1.82) is 0 Å². The summed E-state index contributed by atoms with van der Waals surface area (Å²) in [5.41, 5.74) is 0. The normalized spacial score (nSPS) is 13.9. The molecule has 0 aliphatic heterocycles. The molecule has 0 aromatic carbocycles. The molecular formula is C89H174O17P2. The fourth-order valence-electron chi connectivity index (χ4n) is 13.8. The van der Waals surface area contributed by atoms with Crippen molar-refractivity contribution in [1.82, 2.24) is 0 Å². The van der Waals surface area contributed by atoms with Crippen LogP contribution in [-0.4, -0.2) is 96.7 Å². The van der Waals surface area contributed by atoms with E-state index in [9.17, 15) is 43.2 Å². The van der Waals surface area contributed by atoms with Gasteiger partial charge in [-0.1, -0.05) is 415 Å². The molecule has 0 aromatic heterocycles. The SMILES string of the molecule is CC(C)CCCCCCCCCCCCCCCCCCCCC(=O)O[C@H](COC(=O)CCCCCCCCCC(C)C)COP(=O)(O)OCC(O)COP(=O)(O)OC[C@@H](COC(=O)CCCCCCCCCCCCCCCCCC(C)C)OC(=O)CCCCCCCCCCCCCCCCCCC(C)C. The molecule has 0 heterocycles. The number of esters is 4. The molecule has 0 rings (SSSR count). The zero-order chi connectivity index (χ0) is 79.5. The lowest BCUT2D eigenvalue weighted by Crippen LogP contribution is -2.30. The lowest BCUT2D eigenvalue weighted by Gasteiger charge is -2.21. The molecule has 108 heavy (non-hydrogen) atoms. The minimum atomic E-state index is -4.97. The first-order valence-corrected chi connectivity index (χ1v) is 48.7. The molecular weight excluding hydrogens is 1400 g/mol. The number of phosphoric ester groups is 2. The monoisotopic (exact) mass is 1580 g/mol. The Balaban J connectivity index is 5.22. The molecule has 0 aliphatic carbocycles. The van der Waals surface area contributed by atoms with Gasteiger partial charge in [-0.05, 0) is 49.4 Å². The van der Waals surface area contributed by atoms with Gasteiger partial charge in [0.05, 0.1) is 26.4 Å². The van der Waals surface area contributed by atoms with Crippen molar-refractivity contribution in [3.8, 4) is 0 Å². The van der Waals surface area contributed by atoms with E-state index in [0.717, 1.165) is 114 Å². The Morgan fingerprint density at radius 3 is 0.574 bits per heavy atom. The van der Waals surface area contributed by atoms with E-state index >= 15 is 0 Å². The molecule has 0 radical (unpaired) electrons. The maximum Gasteiger partial charge on any atom is 0.472 e. The third-order valence-electron chi connectivity index (χ3n) is 20.8. The molecule has 5 atom stereocenters. The highest BCUT2D eigenvalue weighted by atomic mass is 31.2. The van der Waals surface area contributed by atoms with Crippen LogP contribution < -0.4 is 0 Å². The standard InChI is InChI=1S/C89H174O17P2/c1-79(2)65-57-49-41-34-28-22-16-11-9-10-12-19-26-32-38-46-55-63-72-89(94)106-85(76-100-87(92)70-62-54-48-40-44-52-60-68-82(7)8)78-104-108(97,98)102-74-83(90)73-101-107(95,96)103-77-84(75-99-86(91)69-61-53-45-37-31-25-21-15-18-24-30-36-43-51-59-67-81(5)6)105-88(93)71-64-56-47-39-33-27-20-14-13-17-23-29-35-42-50-58-66-80(3)4/h79-85,90H,9-78H2,1-8H3,(H,95,96)(H,97,98)/t83?,84-,85-/m1/s1. The Bertz CT molecular complexity index is 2090. The summed E-state index contributed by atoms with van der Waals surface area (Å²) in [5.74, 6) is 1.04. The molecule has 642 valence electrons. The zero-order valence-electron chi connectivity index (χ0n) is 71.5. The van der Waals surface area contributed by atoms with Gasteiger partial charge in [-0.15, -0.1) is 0 Å². The minimum absolute atomic E-state index is 0.107. The van der Waals surface area contributed by atoms with Crippen LogP contribution in [0.3, 0.4) is 0 Å². The molecule has 17 nitrogen and oxygen atoms in total. The zero-order valence-corrected chi connectivity index (χ0v) is 73.3. The van der Waals surface area contributed by atoms with Gasteiger partial charge >= 0.3 is 39.5 Å². The lowest BCUT2D eigenvalue weighted by atomic mass is 10.0. The van der Waals surface area contributed by atoms with E-state index in [-0.39, 0.29) is 25.7 Å². The molecule has 0 saturated carbocycles. The largest absolute Gasteiger partial charge is 0.472 e. The molecule has 3 unspecified atom stereocenters. The highest BCUT2D eigenvalue weighted by Gasteiger charge is 2.31. The number of carbonyl (C=O) groups excluding carboxylic acids is 4. The smallest absolute Gasteiger partial charge is 0.462 e. The van der Waals surface area contributed by atoms with Gasteiger partial charge < -0.3 is 33.8 Å². The Morgan fingerprint density at radius 1 is 0.231 bits per heavy atom. The number of aliphatic hydroxyl groups is 1. The van der Waals surface area contributed by atoms with Gasteiger partial charge in [-0.2, -0.15) is 0 Å². The van der Waals surface area contributed by atoms with Gasteiger partial charge in [0.2, 0.25) is 0 Å². The van der Waals surface area contributed by atoms with Crippen LogP contribution in [0.25, 0.3) is 0 Å².